The first-order chi connectivity index (χ1) is 10.1. The van der Waals surface area contributed by atoms with Crippen LogP contribution in [-0.2, 0) is 11.3 Å². The largest absolute Gasteiger partial charge is 0.395 e. The van der Waals surface area contributed by atoms with Crippen LogP contribution in [-0.4, -0.2) is 55.0 Å². The summed E-state index contributed by atoms with van der Waals surface area (Å²) >= 11 is 0. The Kier molecular flexibility index (Phi) is 6.03. The molecule has 2 unspecified atom stereocenters. The molecule has 1 aliphatic heterocycles. The van der Waals surface area contributed by atoms with Crippen LogP contribution < -0.4 is 4.90 Å². The van der Waals surface area contributed by atoms with Gasteiger partial charge in [-0.2, -0.15) is 0 Å². The maximum atomic E-state index is 9.16. The first kappa shape index (κ1) is 16.3. The molecule has 1 aromatic rings. The fraction of sp³-hybridized carbons (Fsp3) is 0.647. The normalized spacial score (nSPS) is 22.8. The minimum Gasteiger partial charge on any atom is -0.395 e. The van der Waals surface area contributed by atoms with Crippen molar-refractivity contribution in [2.45, 2.75) is 39.5 Å². The van der Waals surface area contributed by atoms with Crippen LogP contribution in [0.15, 0.2) is 24.3 Å². The average Bonchev–Trinajstić information content (AvgIpc) is 2.46. The zero-order chi connectivity index (χ0) is 15.2. The Morgan fingerprint density at radius 3 is 2.52 bits per heavy atom. The van der Waals surface area contributed by atoms with E-state index < -0.39 is 0 Å². The minimum atomic E-state index is 0.210. The Bertz CT molecular complexity index is 429. The second-order valence-corrected chi connectivity index (χ2v) is 5.88. The summed E-state index contributed by atoms with van der Waals surface area (Å²) in [5.41, 5.74) is 2.63. The van der Waals surface area contributed by atoms with Gasteiger partial charge in [-0.15, -0.1) is 0 Å². The number of aliphatic hydroxyl groups excluding tert-OH is 1. The van der Waals surface area contributed by atoms with Crippen LogP contribution in [0.25, 0.3) is 0 Å². The van der Waals surface area contributed by atoms with Gasteiger partial charge < -0.3 is 14.7 Å². The average molecular weight is 292 g/mol. The van der Waals surface area contributed by atoms with Crippen molar-refractivity contribution in [1.82, 2.24) is 4.90 Å². The molecule has 0 bridgehead atoms. The zero-order valence-electron chi connectivity index (χ0n) is 13.5. The summed E-state index contributed by atoms with van der Waals surface area (Å²) in [4.78, 5) is 4.70. The van der Waals surface area contributed by atoms with Gasteiger partial charge in [0.15, 0.2) is 0 Å². The van der Waals surface area contributed by atoms with Gasteiger partial charge in [0, 0.05) is 31.9 Å². The summed E-state index contributed by atoms with van der Waals surface area (Å²) in [7, 11) is 0. The van der Waals surface area contributed by atoms with Crippen molar-refractivity contribution in [2.75, 3.05) is 37.7 Å². The molecule has 0 radical (unpaired) electrons. The number of nitrogens with zero attached hydrogens (tertiary/aromatic N) is 2. The number of hydrogen-bond donors (Lipinski definition) is 1. The minimum absolute atomic E-state index is 0.210. The van der Waals surface area contributed by atoms with E-state index >= 15 is 0 Å². The van der Waals surface area contributed by atoms with Crippen LogP contribution in [0.5, 0.6) is 0 Å². The molecule has 4 heteroatoms. The third-order valence-electron chi connectivity index (χ3n) is 4.01. The van der Waals surface area contributed by atoms with Crippen molar-refractivity contribution in [1.29, 1.82) is 0 Å². The van der Waals surface area contributed by atoms with E-state index in [1.165, 1.54) is 11.3 Å². The van der Waals surface area contributed by atoms with Crippen molar-refractivity contribution < 1.29 is 9.84 Å². The van der Waals surface area contributed by atoms with Gasteiger partial charge in [-0.3, -0.25) is 4.90 Å². The molecule has 1 heterocycles. The molecule has 1 aromatic carbocycles. The molecule has 2 rings (SSSR count). The molecule has 0 aromatic heterocycles. The number of morpholine rings is 1. The summed E-state index contributed by atoms with van der Waals surface area (Å²) in [6.07, 6.45) is 0.531. The van der Waals surface area contributed by atoms with E-state index in [0.717, 1.165) is 32.7 Å². The second kappa shape index (κ2) is 7.78. The fourth-order valence-corrected chi connectivity index (χ4v) is 3.06. The van der Waals surface area contributed by atoms with Gasteiger partial charge in [0.05, 0.1) is 18.8 Å². The molecule has 1 saturated heterocycles. The highest BCUT2D eigenvalue weighted by molar-refractivity contribution is 5.54. The molecule has 21 heavy (non-hydrogen) atoms. The van der Waals surface area contributed by atoms with Crippen LogP contribution >= 0.6 is 0 Å². The molecule has 118 valence electrons. The molecule has 1 N–H and O–H groups in total. The lowest BCUT2D eigenvalue weighted by atomic mass is 10.1. The molecular weight excluding hydrogens is 264 g/mol. The first-order valence-electron chi connectivity index (χ1n) is 7.95. The number of ether oxygens (including phenoxy) is 1. The predicted octanol–water partition coefficient (Wildman–Crippen LogP) is 2.11. The summed E-state index contributed by atoms with van der Waals surface area (Å²) in [6.45, 7) is 11.0. The van der Waals surface area contributed by atoms with Crippen LogP contribution in [0, 0.1) is 0 Å². The lowest BCUT2D eigenvalue weighted by Crippen LogP contribution is -2.46. The topological polar surface area (TPSA) is 35.9 Å². The molecule has 2 atom stereocenters. The molecule has 4 nitrogen and oxygen atoms in total. The zero-order valence-corrected chi connectivity index (χ0v) is 13.5. The van der Waals surface area contributed by atoms with E-state index in [1.807, 2.05) is 0 Å². The molecule has 0 spiro atoms. The molecule has 0 amide bonds. The predicted molar refractivity (Wildman–Crippen MR) is 86.7 cm³/mol. The summed E-state index contributed by atoms with van der Waals surface area (Å²) in [5, 5.41) is 9.16. The highest BCUT2D eigenvalue weighted by Gasteiger charge is 2.24. The molecule has 0 saturated carbocycles. The summed E-state index contributed by atoms with van der Waals surface area (Å²) in [5.74, 6) is 0. The Morgan fingerprint density at radius 2 is 1.90 bits per heavy atom. The monoisotopic (exact) mass is 292 g/mol. The Labute approximate surface area is 128 Å². The number of aliphatic hydroxyl groups is 1. The van der Waals surface area contributed by atoms with Gasteiger partial charge in [-0.1, -0.05) is 25.1 Å². The number of benzene rings is 1. The van der Waals surface area contributed by atoms with Crippen LogP contribution in [0.3, 0.4) is 0 Å². The van der Waals surface area contributed by atoms with Gasteiger partial charge in [0.2, 0.25) is 0 Å². The van der Waals surface area contributed by atoms with E-state index in [1.54, 1.807) is 0 Å². The highest BCUT2D eigenvalue weighted by atomic mass is 16.5. The number of hydrogen-bond acceptors (Lipinski definition) is 4. The van der Waals surface area contributed by atoms with Crippen LogP contribution in [0.4, 0.5) is 5.69 Å². The van der Waals surface area contributed by atoms with Gasteiger partial charge in [-0.25, -0.2) is 0 Å². The standard InChI is InChI=1S/C17H28N2O2/c1-4-18(9-10-20)13-16-7-5-6-8-17(16)19-11-14(2)21-15(3)12-19/h5-8,14-15,20H,4,9-13H2,1-3H3. The fourth-order valence-electron chi connectivity index (χ4n) is 3.06. The highest BCUT2D eigenvalue weighted by Crippen LogP contribution is 2.25. The second-order valence-electron chi connectivity index (χ2n) is 5.88. The number of anilines is 1. The van der Waals surface area contributed by atoms with Crippen LogP contribution in [0.1, 0.15) is 26.3 Å². The molecule has 1 fully saturated rings. The van der Waals surface area contributed by atoms with Crippen molar-refractivity contribution in [3.8, 4) is 0 Å². The smallest absolute Gasteiger partial charge is 0.0726 e. The SMILES string of the molecule is CCN(CCO)Cc1ccccc1N1CC(C)OC(C)C1. The third kappa shape index (κ3) is 4.43. The molecular formula is C17H28N2O2. The molecule has 0 aliphatic carbocycles. The van der Waals surface area contributed by atoms with E-state index in [4.69, 9.17) is 9.84 Å². The Hall–Kier alpha value is -1.10. The number of rotatable bonds is 6. The van der Waals surface area contributed by atoms with Gasteiger partial charge in [0.25, 0.3) is 0 Å². The lowest BCUT2D eigenvalue weighted by Gasteiger charge is -2.38. The third-order valence-corrected chi connectivity index (χ3v) is 4.01. The van der Waals surface area contributed by atoms with E-state index in [9.17, 15) is 0 Å². The van der Waals surface area contributed by atoms with Gasteiger partial charge in [0.1, 0.15) is 0 Å². The quantitative estimate of drug-likeness (QED) is 0.871. The van der Waals surface area contributed by atoms with Crippen molar-refractivity contribution in [3.63, 3.8) is 0 Å². The van der Waals surface area contributed by atoms with Gasteiger partial charge in [-0.05, 0) is 32.0 Å². The van der Waals surface area contributed by atoms with E-state index in [0.29, 0.717) is 0 Å². The Morgan fingerprint density at radius 1 is 1.24 bits per heavy atom. The Balaban J connectivity index is 2.16. The van der Waals surface area contributed by atoms with Crippen molar-refractivity contribution >= 4 is 5.69 Å². The maximum absolute atomic E-state index is 9.16. The van der Waals surface area contributed by atoms with E-state index in [-0.39, 0.29) is 18.8 Å². The number of likely N-dealkylation sites (N-methyl/N-ethyl adjacent to an activating group) is 1. The molecule has 1 aliphatic rings. The summed E-state index contributed by atoms with van der Waals surface area (Å²) < 4.78 is 5.83. The van der Waals surface area contributed by atoms with Crippen LogP contribution in [0.2, 0.25) is 0 Å². The van der Waals surface area contributed by atoms with Crippen molar-refractivity contribution in [3.05, 3.63) is 29.8 Å². The van der Waals surface area contributed by atoms with Gasteiger partial charge >= 0.3 is 0 Å². The summed E-state index contributed by atoms with van der Waals surface area (Å²) in [6, 6.07) is 8.60. The number of para-hydroxylation sites is 1. The lowest BCUT2D eigenvalue weighted by molar-refractivity contribution is -0.00529. The van der Waals surface area contributed by atoms with Crippen molar-refractivity contribution in [2.24, 2.45) is 0 Å². The maximum Gasteiger partial charge on any atom is 0.0726 e. The first-order valence-corrected chi connectivity index (χ1v) is 7.95. The van der Waals surface area contributed by atoms with E-state index in [2.05, 4.69) is 54.8 Å².